The molecule has 0 aliphatic carbocycles. The van der Waals surface area contributed by atoms with Crippen LogP contribution in [0.2, 0.25) is 0 Å². The molecule has 0 radical (unpaired) electrons. The van der Waals surface area contributed by atoms with Crippen LogP contribution in [0.15, 0.2) is 22.5 Å². The first kappa shape index (κ1) is 21.4. The smallest absolute Gasteiger partial charge is 0.193 e. The van der Waals surface area contributed by atoms with Gasteiger partial charge >= 0.3 is 0 Å². The topological polar surface area (TPSA) is 40.5 Å². The summed E-state index contributed by atoms with van der Waals surface area (Å²) in [4.78, 5) is 14.0. The van der Waals surface area contributed by atoms with E-state index in [1.165, 1.54) is 20.5 Å². The number of hydrogen-bond donors (Lipinski definition) is 1. The Balaban J connectivity index is 0.00000288. The van der Waals surface area contributed by atoms with Crippen LogP contribution in [0.4, 0.5) is 0 Å². The third-order valence-corrected chi connectivity index (χ3v) is 5.75. The maximum Gasteiger partial charge on any atom is 0.193 e. The molecule has 2 rings (SSSR count). The van der Waals surface area contributed by atoms with Gasteiger partial charge in [0.1, 0.15) is 0 Å². The van der Waals surface area contributed by atoms with Gasteiger partial charge < -0.3 is 10.2 Å². The number of likely N-dealkylation sites (N-methyl/N-ethyl adjacent to an activating group) is 1. The Bertz CT molecular complexity index is 623. The van der Waals surface area contributed by atoms with Gasteiger partial charge in [-0.15, -0.1) is 46.7 Å². The molecule has 0 saturated heterocycles. The van der Waals surface area contributed by atoms with Crippen molar-refractivity contribution in [3.8, 4) is 0 Å². The van der Waals surface area contributed by atoms with Crippen molar-refractivity contribution in [2.24, 2.45) is 4.99 Å². The average molecular weight is 478 g/mol. The molecule has 0 amide bonds. The van der Waals surface area contributed by atoms with Crippen LogP contribution in [0.25, 0.3) is 0 Å². The molecule has 0 unspecified atom stereocenters. The van der Waals surface area contributed by atoms with Crippen LogP contribution in [0.1, 0.15) is 27.4 Å². The van der Waals surface area contributed by atoms with Crippen LogP contribution in [0.3, 0.4) is 0 Å². The first-order valence-corrected chi connectivity index (χ1v) is 9.73. The maximum atomic E-state index is 4.69. The van der Waals surface area contributed by atoms with E-state index in [-0.39, 0.29) is 24.0 Å². The Hall–Kier alpha value is -0.670. The third kappa shape index (κ3) is 6.33. The van der Waals surface area contributed by atoms with E-state index < -0.39 is 0 Å². The first-order chi connectivity index (χ1) is 11.1. The van der Waals surface area contributed by atoms with Crippen molar-refractivity contribution in [3.63, 3.8) is 0 Å². The van der Waals surface area contributed by atoms with E-state index in [1.807, 2.05) is 29.7 Å². The van der Waals surface area contributed by atoms with Gasteiger partial charge in [0, 0.05) is 43.4 Å². The van der Waals surface area contributed by atoms with Crippen LogP contribution in [-0.2, 0) is 19.3 Å². The Morgan fingerprint density at radius 3 is 2.75 bits per heavy atom. The molecule has 24 heavy (non-hydrogen) atoms. The molecule has 7 heteroatoms. The first-order valence-electron chi connectivity index (χ1n) is 8.03. The number of aromatic nitrogens is 1. The molecule has 2 aromatic heterocycles. The highest BCUT2D eigenvalue weighted by Gasteiger charge is 2.08. The zero-order chi connectivity index (χ0) is 16.7. The fourth-order valence-corrected chi connectivity index (χ4v) is 4.15. The van der Waals surface area contributed by atoms with Gasteiger partial charge in [0.2, 0.25) is 0 Å². The fourth-order valence-electron chi connectivity index (χ4n) is 2.43. The summed E-state index contributed by atoms with van der Waals surface area (Å²) in [6.45, 7) is 6.15. The van der Waals surface area contributed by atoms with Gasteiger partial charge in [0.15, 0.2) is 5.96 Å². The zero-order valence-electron chi connectivity index (χ0n) is 14.8. The van der Waals surface area contributed by atoms with Gasteiger partial charge in [-0.3, -0.25) is 4.99 Å². The van der Waals surface area contributed by atoms with Gasteiger partial charge in [0.25, 0.3) is 0 Å². The van der Waals surface area contributed by atoms with Crippen molar-refractivity contribution in [2.75, 3.05) is 27.2 Å². The van der Waals surface area contributed by atoms with Gasteiger partial charge in [-0.25, -0.2) is 4.98 Å². The summed E-state index contributed by atoms with van der Waals surface area (Å²) in [6, 6.07) is 4.29. The van der Waals surface area contributed by atoms with E-state index in [0.717, 1.165) is 38.3 Å². The second kappa shape index (κ2) is 11.0. The number of aryl methyl sites for hydroxylation is 2. The number of nitrogens with zero attached hydrogens (tertiary/aromatic N) is 3. The molecule has 0 saturated carbocycles. The minimum absolute atomic E-state index is 0. The number of halogens is 1. The Morgan fingerprint density at radius 2 is 2.17 bits per heavy atom. The molecule has 2 aromatic rings. The fraction of sp³-hybridized carbons (Fsp3) is 0.529. The van der Waals surface area contributed by atoms with Crippen molar-refractivity contribution in [1.82, 2.24) is 15.2 Å². The van der Waals surface area contributed by atoms with E-state index in [9.17, 15) is 0 Å². The number of aliphatic imine (C=N–C) groups is 1. The maximum absolute atomic E-state index is 4.69. The molecule has 0 bridgehead atoms. The molecule has 0 aliphatic rings. The quantitative estimate of drug-likeness (QED) is 0.372. The number of guanidine groups is 1. The summed E-state index contributed by atoms with van der Waals surface area (Å²) >= 11 is 3.62. The lowest BCUT2D eigenvalue weighted by Crippen LogP contribution is -2.40. The number of nitrogens with one attached hydrogen (secondary N) is 1. The van der Waals surface area contributed by atoms with E-state index >= 15 is 0 Å². The second-order valence-corrected chi connectivity index (χ2v) is 7.76. The van der Waals surface area contributed by atoms with Crippen LogP contribution >= 0.6 is 46.7 Å². The Labute approximate surface area is 170 Å². The van der Waals surface area contributed by atoms with Gasteiger partial charge in [-0.1, -0.05) is 13.0 Å². The van der Waals surface area contributed by atoms with Crippen molar-refractivity contribution in [1.29, 1.82) is 0 Å². The molecule has 0 atom stereocenters. The molecule has 0 aliphatic heterocycles. The van der Waals surface area contributed by atoms with Crippen molar-refractivity contribution in [3.05, 3.63) is 38.0 Å². The summed E-state index contributed by atoms with van der Waals surface area (Å²) in [5.41, 5.74) is 1.24. The third-order valence-electron chi connectivity index (χ3n) is 3.74. The van der Waals surface area contributed by atoms with E-state index in [1.54, 1.807) is 0 Å². The second-order valence-electron chi connectivity index (χ2n) is 5.44. The van der Waals surface area contributed by atoms with Crippen LogP contribution in [0.5, 0.6) is 0 Å². The number of thiazole rings is 1. The minimum Gasteiger partial charge on any atom is -0.356 e. The average Bonchev–Trinajstić information content (AvgIpc) is 3.18. The summed E-state index contributed by atoms with van der Waals surface area (Å²) in [6.07, 6.45) is 3.02. The standard InChI is InChI=1S/C17H26N4S2.HI/c1-5-15-13(2)23-16(20-15)8-10-19-17(18-3)21(4)11-9-14-7-6-12-22-14;/h6-7,12H,5,8-11H2,1-4H3,(H,18,19);1H. The van der Waals surface area contributed by atoms with Crippen molar-refractivity contribution < 1.29 is 0 Å². The summed E-state index contributed by atoms with van der Waals surface area (Å²) in [7, 11) is 3.93. The highest BCUT2D eigenvalue weighted by atomic mass is 127. The minimum atomic E-state index is 0. The lowest BCUT2D eigenvalue weighted by atomic mass is 10.3. The number of hydrogen-bond acceptors (Lipinski definition) is 4. The normalized spacial score (nSPS) is 11.2. The van der Waals surface area contributed by atoms with Gasteiger partial charge in [0.05, 0.1) is 10.7 Å². The highest BCUT2D eigenvalue weighted by Crippen LogP contribution is 2.18. The van der Waals surface area contributed by atoms with Gasteiger partial charge in [-0.2, -0.15) is 0 Å². The number of thiophene rings is 1. The van der Waals surface area contributed by atoms with Gasteiger partial charge in [-0.05, 0) is 31.2 Å². The monoisotopic (exact) mass is 478 g/mol. The SMILES string of the molecule is CCc1nc(CCNC(=NC)N(C)CCc2cccs2)sc1C.I. The molecule has 0 spiro atoms. The van der Waals surface area contributed by atoms with Crippen LogP contribution in [0, 0.1) is 6.92 Å². The summed E-state index contributed by atoms with van der Waals surface area (Å²) < 4.78 is 0. The van der Waals surface area contributed by atoms with Crippen LogP contribution in [-0.4, -0.2) is 43.0 Å². The molecule has 4 nitrogen and oxygen atoms in total. The lowest BCUT2D eigenvalue weighted by molar-refractivity contribution is 0.487. The molecule has 0 aromatic carbocycles. The zero-order valence-corrected chi connectivity index (χ0v) is 18.8. The highest BCUT2D eigenvalue weighted by molar-refractivity contribution is 14.0. The predicted molar refractivity (Wildman–Crippen MR) is 117 cm³/mol. The molecule has 134 valence electrons. The molecule has 0 fully saturated rings. The molecular weight excluding hydrogens is 451 g/mol. The van der Waals surface area contributed by atoms with E-state index in [2.05, 4.69) is 53.6 Å². The molecular formula is C17H27IN4S2. The Morgan fingerprint density at radius 1 is 1.38 bits per heavy atom. The molecule has 1 N–H and O–H groups in total. The molecule has 2 heterocycles. The van der Waals surface area contributed by atoms with E-state index in [4.69, 9.17) is 4.98 Å². The predicted octanol–water partition coefficient (Wildman–Crippen LogP) is 3.99. The van der Waals surface area contributed by atoms with Crippen molar-refractivity contribution >= 4 is 52.6 Å². The van der Waals surface area contributed by atoms with Crippen molar-refractivity contribution in [2.45, 2.75) is 33.1 Å². The Kier molecular flexibility index (Phi) is 9.84. The summed E-state index contributed by atoms with van der Waals surface area (Å²) in [5, 5.41) is 6.78. The van der Waals surface area contributed by atoms with Crippen LogP contribution < -0.4 is 5.32 Å². The largest absolute Gasteiger partial charge is 0.356 e. The lowest BCUT2D eigenvalue weighted by Gasteiger charge is -2.21. The van der Waals surface area contributed by atoms with E-state index in [0.29, 0.717) is 0 Å². The number of rotatable bonds is 7. The summed E-state index contributed by atoms with van der Waals surface area (Å²) in [5.74, 6) is 0.950.